The van der Waals surface area contributed by atoms with Crippen LogP contribution in [0.4, 0.5) is 4.79 Å². The molecule has 3 aromatic rings. The van der Waals surface area contributed by atoms with Crippen molar-refractivity contribution in [3.63, 3.8) is 0 Å². The van der Waals surface area contributed by atoms with Crippen LogP contribution in [0.1, 0.15) is 181 Å². The maximum atomic E-state index is 12.0. The zero-order chi connectivity index (χ0) is 64.4. The molecule has 478 valence electrons. The van der Waals surface area contributed by atoms with Crippen LogP contribution in [0.25, 0.3) is 0 Å². The van der Waals surface area contributed by atoms with Crippen LogP contribution in [0.2, 0.25) is 0 Å². The number of H-pyrrole nitrogens is 1. The highest BCUT2D eigenvalue weighted by molar-refractivity contribution is 7.90. The highest BCUT2D eigenvalue weighted by Crippen LogP contribution is 2.34. The molecule has 0 spiro atoms. The zero-order valence-corrected chi connectivity index (χ0v) is 56.6. The molecule has 3 atom stereocenters. The van der Waals surface area contributed by atoms with E-state index in [-0.39, 0.29) is 74.0 Å². The number of piperidine rings is 1. The molecule has 0 bridgehead atoms. The minimum Gasteiger partial charge on any atom is -0.444 e. The summed E-state index contributed by atoms with van der Waals surface area (Å²) in [5.74, 6) is 2.29. The maximum Gasteiger partial charge on any atom is 0.410 e. The van der Waals surface area contributed by atoms with Crippen molar-refractivity contribution in [2.45, 2.75) is 223 Å². The van der Waals surface area contributed by atoms with Crippen LogP contribution in [0.3, 0.4) is 0 Å². The molecule has 1 fully saturated rings. The summed E-state index contributed by atoms with van der Waals surface area (Å²) in [7, 11) is -5.63. The van der Waals surface area contributed by atoms with Crippen LogP contribution in [0.15, 0.2) is 38.1 Å². The fourth-order valence-corrected chi connectivity index (χ4v) is 11.1. The van der Waals surface area contributed by atoms with E-state index in [1.807, 2.05) is 88.0 Å². The molecular weight excluding hydrogens is 1120 g/mol. The molecule has 0 aromatic carbocycles. The number of rotatable bonds is 16. The van der Waals surface area contributed by atoms with Gasteiger partial charge in [0.15, 0.2) is 15.8 Å². The number of imidazole rings is 2. The van der Waals surface area contributed by atoms with Crippen molar-refractivity contribution >= 4 is 42.1 Å². The average Bonchev–Trinajstić information content (AvgIpc) is 4.02. The number of nitrogens with one attached hydrogen (secondary N) is 4. The van der Waals surface area contributed by atoms with Gasteiger partial charge in [0, 0.05) is 66.5 Å². The van der Waals surface area contributed by atoms with Gasteiger partial charge in [0.25, 0.3) is 20.0 Å². The molecule has 26 heteroatoms. The standard InChI is InChI=1S/C14H27NO2.C12H23N3O3S.C11H21N3O3S.C11H20N2O4S.C8H17NO/c1-13(2,3)11-7-9-15(10-8-11)12(16)17-14(4,5)6;1-9-14-11(8-15(9)5)19(17,18)13-7-10(16)6-12(2,3)4;1-8-12-7-10(14-8)18(16,17)13-6-9(15)5-11(2,3)4;1-8-10(7-12-17-8)18(15,16)13-6-9(14)5-11(2,3)4;1-8(2,3)6-7(10)9(4)5/h11H,7-10H2,1-6H3;8,10,13,16H,6-7H2,1-5H3;7,9,13,15H,5-6H2,1-4H3,(H,12,14);7,9,13-14H,5-6H2,1-4H3;6H2,1-5H3. The molecule has 0 aliphatic carbocycles. The lowest BCUT2D eigenvalue weighted by Crippen LogP contribution is -2.43. The second-order valence-electron chi connectivity index (χ2n) is 28.3. The predicted molar refractivity (Wildman–Crippen MR) is 321 cm³/mol. The van der Waals surface area contributed by atoms with E-state index in [0.29, 0.717) is 48.7 Å². The molecule has 1 saturated heterocycles. The van der Waals surface area contributed by atoms with Crippen LogP contribution >= 0.6 is 0 Å². The Morgan fingerprint density at radius 1 is 0.695 bits per heavy atom. The maximum absolute atomic E-state index is 12.0. The number of aryl methyl sites for hydroxylation is 4. The number of sulfonamides is 3. The molecule has 1 aliphatic rings. The quantitative estimate of drug-likeness (QED) is 0.0718. The fraction of sp³-hybridized carbons (Fsp3) is 0.804. The summed E-state index contributed by atoms with van der Waals surface area (Å²) < 4.78 is 90.1. The number of aliphatic hydroxyl groups excluding tert-OH is 3. The highest BCUT2D eigenvalue weighted by atomic mass is 32.2. The number of aromatic amines is 1. The van der Waals surface area contributed by atoms with Gasteiger partial charge in [-0.25, -0.2) is 54.2 Å². The largest absolute Gasteiger partial charge is 0.444 e. The van der Waals surface area contributed by atoms with Gasteiger partial charge in [0.2, 0.25) is 15.9 Å². The van der Waals surface area contributed by atoms with Gasteiger partial charge < -0.3 is 43.9 Å². The van der Waals surface area contributed by atoms with Crippen molar-refractivity contribution in [1.29, 1.82) is 0 Å². The van der Waals surface area contributed by atoms with Crippen LogP contribution < -0.4 is 14.2 Å². The second kappa shape index (κ2) is 31.9. The Labute approximate surface area is 493 Å². The third-order valence-corrected chi connectivity index (χ3v) is 16.1. The van der Waals surface area contributed by atoms with Crippen molar-refractivity contribution < 1.29 is 59.4 Å². The number of ether oxygens (including phenoxy) is 1. The first kappa shape index (κ1) is 78.0. The lowest BCUT2D eigenvalue weighted by molar-refractivity contribution is -0.130. The summed E-state index contributed by atoms with van der Waals surface area (Å²) in [5.41, 5.74) is -0.0841. The molecule has 1 aliphatic heterocycles. The minimum absolute atomic E-state index is 0.00231. The first-order chi connectivity index (χ1) is 36.6. The summed E-state index contributed by atoms with van der Waals surface area (Å²) in [5, 5.41) is 32.7. The van der Waals surface area contributed by atoms with Gasteiger partial charge in [-0.15, -0.1) is 0 Å². The molecule has 4 rings (SSSR count). The smallest absolute Gasteiger partial charge is 0.410 e. The normalized spacial score (nSPS) is 15.2. The van der Waals surface area contributed by atoms with Gasteiger partial charge in [-0.3, -0.25) is 4.79 Å². The van der Waals surface area contributed by atoms with Crippen molar-refractivity contribution in [3.8, 4) is 0 Å². The molecule has 3 aromatic heterocycles. The van der Waals surface area contributed by atoms with E-state index >= 15 is 0 Å². The van der Waals surface area contributed by atoms with Gasteiger partial charge >= 0.3 is 6.09 Å². The molecule has 7 N–H and O–H groups in total. The van der Waals surface area contributed by atoms with Crippen LogP contribution in [-0.4, -0.2) is 158 Å². The lowest BCUT2D eigenvalue weighted by atomic mass is 9.75. The Morgan fingerprint density at radius 2 is 1.12 bits per heavy atom. The number of carbonyl (C=O) groups excluding carboxylic acids is 2. The third kappa shape index (κ3) is 34.1. The van der Waals surface area contributed by atoms with Gasteiger partial charge in [-0.05, 0) is 107 Å². The Hall–Kier alpha value is -4.02. The van der Waals surface area contributed by atoms with Gasteiger partial charge in [0.1, 0.15) is 22.1 Å². The van der Waals surface area contributed by atoms with Crippen LogP contribution in [0.5, 0.6) is 0 Å². The summed E-state index contributed by atoms with van der Waals surface area (Å²) in [6.07, 6.45) is 5.92. The number of amides is 2. The van der Waals surface area contributed by atoms with Crippen molar-refractivity contribution in [2.24, 2.45) is 40.0 Å². The number of aliphatic hydroxyl groups is 3. The molecule has 0 radical (unpaired) electrons. The third-order valence-electron chi connectivity index (χ3n) is 11.9. The molecule has 4 heterocycles. The first-order valence-electron chi connectivity index (χ1n) is 27.8. The summed E-state index contributed by atoms with van der Waals surface area (Å²) >= 11 is 0. The summed E-state index contributed by atoms with van der Waals surface area (Å²) in [6, 6.07) is 0. The molecular formula is C56H108N10O13S3. The zero-order valence-electron chi connectivity index (χ0n) is 54.2. The van der Waals surface area contributed by atoms with Crippen molar-refractivity contribution in [2.75, 3.05) is 46.8 Å². The Morgan fingerprint density at radius 3 is 1.43 bits per heavy atom. The number of carbonyl (C=O) groups is 2. The second-order valence-corrected chi connectivity index (χ2v) is 33.4. The van der Waals surface area contributed by atoms with Crippen LogP contribution in [-0.2, 0) is 46.6 Å². The topological polar surface area (TPSA) is 322 Å². The van der Waals surface area contributed by atoms with E-state index < -0.39 is 54.0 Å². The Balaban J connectivity index is 0.00000101. The average molecular weight is 1230 g/mol. The minimum atomic E-state index is -3.66. The number of hydrogen-bond donors (Lipinski definition) is 7. The molecule has 0 saturated carbocycles. The molecule has 23 nitrogen and oxygen atoms in total. The SMILES string of the molecule is CC(C)(C)OC(=O)N1CCC(C(C)(C)C)CC1.CN(C)C(=O)CC(C)(C)C.Cc1nc(S(=O)(=O)NCC(O)CC(C)(C)C)cn1C.Cc1ncc(S(=O)(=O)NCC(O)CC(C)(C)C)[nH]1.Cc1oncc1S(=O)(=O)NCC(O)CC(C)(C)C. The van der Waals surface area contributed by atoms with E-state index in [1.165, 1.54) is 19.3 Å². The van der Waals surface area contributed by atoms with Gasteiger partial charge in [0.05, 0.1) is 30.7 Å². The van der Waals surface area contributed by atoms with Crippen LogP contribution in [0, 0.1) is 53.8 Å². The van der Waals surface area contributed by atoms with E-state index in [1.54, 1.807) is 44.5 Å². The number of aromatic nitrogens is 5. The van der Waals surface area contributed by atoms with E-state index in [0.717, 1.165) is 32.1 Å². The van der Waals surface area contributed by atoms with E-state index in [9.17, 15) is 50.2 Å². The highest BCUT2D eigenvalue weighted by Gasteiger charge is 2.32. The summed E-state index contributed by atoms with van der Waals surface area (Å²) in [6.45, 7) is 43.2. The van der Waals surface area contributed by atoms with Gasteiger partial charge in [-0.2, -0.15) is 0 Å². The monoisotopic (exact) mass is 1220 g/mol. The number of likely N-dealkylation sites (tertiary alicyclic amines) is 1. The molecule has 82 heavy (non-hydrogen) atoms. The number of nitrogens with zero attached hydrogens (tertiary/aromatic N) is 6. The lowest BCUT2D eigenvalue weighted by Gasteiger charge is -2.39. The molecule has 2 amide bonds. The van der Waals surface area contributed by atoms with Crippen molar-refractivity contribution in [1.82, 2.24) is 48.6 Å². The number of hydrogen-bond acceptors (Lipinski definition) is 16. The van der Waals surface area contributed by atoms with Crippen molar-refractivity contribution in [3.05, 3.63) is 36.0 Å². The summed E-state index contributed by atoms with van der Waals surface area (Å²) in [4.78, 5) is 36.9. The van der Waals surface area contributed by atoms with E-state index in [4.69, 9.17) is 9.26 Å². The molecule has 3 unspecified atom stereocenters. The fourth-order valence-electron chi connectivity index (χ4n) is 7.79. The van der Waals surface area contributed by atoms with Gasteiger partial charge in [-0.1, -0.05) is 109 Å². The first-order valence-corrected chi connectivity index (χ1v) is 32.2. The Kier molecular flexibility index (Phi) is 30.4. The van der Waals surface area contributed by atoms with E-state index in [2.05, 4.69) is 75.8 Å². The predicted octanol–water partition coefficient (Wildman–Crippen LogP) is 7.85. The Bertz CT molecular complexity index is 2700.